The molecule has 0 amide bonds. The van der Waals surface area contributed by atoms with Crippen LogP contribution in [0.2, 0.25) is 0 Å². The van der Waals surface area contributed by atoms with Crippen LogP contribution < -0.4 is 0 Å². The quantitative estimate of drug-likeness (QED) is 0.536. The maximum absolute atomic E-state index is 2.33. The average Bonchev–Trinajstić information content (AvgIpc) is 1.82. The van der Waals surface area contributed by atoms with Crippen molar-refractivity contribution < 1.29 is 0 Å². The van der Waals surface area contributed by atoms with E-state index in [-0.39, 0.29) is 0 Å². The van der Waals surface area contributed by atoms with Gasteiger partial charge in [0.05, 0.1) is 0 Å². The summed E-state index contributed by atoms with van der Waals surface area (Å²) in [6.45, 7) is 15.9. The first-order valence-corrected chi connectivity index (χ1v) is 4.88. The Kier molecular flexibility index (Phi) is 4.02. The molecule has 0 aliphatic carbocycles. The smallest absolute Gasteiger partial charge is 0.0227 e. The second-order valence-corrected chi connectivity index (χ2v) is 5.35. The molecule has 0 aliphatic rings. The fraction of sp³-hybridized carbons (Fsp3) is 0.833. The van der Waals surface area contributed by atoms with Crippen LogP contribution in [0, 0.1) is 11.3 Å². The molecule has 0 heterocycles. The fourth-order valence-corrected chi connectivity index (χ4v) is 1.56. The van der Waals surface area contributed by atoms with E-state index in [2.05, 4.69) is 48.5 Å². The molecule has 0 nitrogen and oxygen atoms in total. The first-order chi connectivity index (χ1) is 5.24. The van der Waals surface area contributed by atoms with Gasteiger partial charge in [-0.3, -0.25) is 0 Å². The Labute approximate surface area is 78.1 Å². The van der Waals surface area contributed by atoms with Gasteiger partial charge in [0, 0.05) is 0 Å². The lowest BCUT2D eigenvalue weighted by Crippen LogP contribution is -2.12. The average molecular weight is 168 g/mol. The van der Waals surface area contributed by atoms with E-state index in [0.29, 0.717) is 5.41 Å². The SMILES string of the molecule is CC(C)=C(C)C(C)CC(C)(C)C. The van der Waals surface area contributed by atoms with E-state index in [9.17, 15) is 0 Å². The van der Waals surface area contributed by atoms with Crippen molar-refractivity contribution in [2.75, 3.05) is 0 Å². The summed E-state index contributed by atoms with van der Waals surface area (Å²) >= 11 is 0. The molecular formula is C12H24. The van der Waals surface area contributed by atoms with Crippen LogP contribution in [0.5, 0.6) is 0 Å². The maximum atomic E-state index is 2.33. The van der Waals surface area contributed by atoms with Crippen molar-refractivity contribution in [1.29, 1.82) is 0 Å². The van der Waals surface area contributed by atoms with Gasteiger partial charge in [-0.1, -0.05) is 38.8 Å². The third-order valence-electron chi connectivity index (χ3n) is 2.45. The van der Waals surface area contributed by atoms with Gasteiger partial charge in [0.1, 0.15) is 0 Å². The van der Waals surface area contributed by atoms with E-state index in [1.165, 1.54) is 12.0 Å². The highest BCUT2D eigenvalue weighted by Crippen LogP contribution is 2.29. The summed E-state index contributed by atoms with van der Waals surface area (Å²) in [6.07, 6.45) is 1.28. The van der Waals surface area contributed by atoms with Crippen molar-refractivity contribution in [3.05, 3.63) is 11.1 Å². The van der Waals surface area contributed by atoms with Crippen LogP contribution in [0.15, 0.2) is 11.1 Å². The van der Waals surface area contributed by atoms with Gasteiger partial charge in [-0.15, -0.1) is 0 Å². The van der Waals surface area contributed by atoms with Crippen molar-refractivity contribution in [2.45, 2.75) is 54.9 Å². The molecule has 0 aliphatic heterocycles. The minimum absolute atomic E-state index is 0.454. The third-order valence-corrected chi connectivity index (χ3v) is 2.45. The molecule has 0 bridgehead atoms. The minimum Gasteiger partial charge on any atom is -0.0772 e. The van der Waals surface area contributed by atoms with Crippen molar-refractivity contribution in [1.82, 2.24) is 0 Å². The van der Waals surface area contributed by atoms with Gasteiger partial charge < -0.3 is 0 Å². The Morgan fingerprint density at radius 3 is 1.75 bits per heavy atom. The summed E-state index contributed by atoms with van der Waals surface area (Å²) in [5, 5.41) is 0. The summed E-state index contributed by atoms with van der Waals surface area (Å²) in [6, 6.07) is 0. The van der Waals surface area contributed by atoms with E-state index in [1.807, 2.05) is 0 Å². The van der Waals surface area contributed by atoms with E-state index in [0.717, 1.165) is 5.92 Å². The van der Waals surface area contributed by atoms with Crippen LogP contribution in [0.25, 0.3) is 0 Å². The predicted octanol–water partition coefficient (Wildman–Crippen LogP) is 4.42. The molecule has 0 heteroatoms. The van der Waals surface area contributed by atoms with E-state index in [1.54, 1.807) is 5.57 Å². The zero-order chi connectivity index (χ0) is 9.94. The van der Waals surface area contributed by atoms with Gasteiger partial charge in [-0.05, 0) is 38.5 Å². The second kappa shape index (κ2) is 4.11. The van der Waals surface area contributed by atoms with Gasteiger partial charge in [0.2, 0.25) is 0 Å². The minimum atomic E-state index is 0.454. The highest BCUT2D eigenvalue weighted by Gasteiger charge is 2.16. The number of hydrogen-bond donors (Lipinski definition) is 0. The largest absolute Gasteiger partial charge is 0.0772 e. The zero-order valence-corrected chi connectivity index (χ0v) is 9.78. The van der Waals surface area contributed by atoms with Crippen LogP contribution in [-0.2, 0) is 0 Å². The lowest BCUT2D eigenvalue weighted by molar-refractivity contribution is 0.328. The van der Waals surface area contributed by atoms with Gasteiger partial charge in [-0.25, -0.2) is 0 Å². The Balaban J connectivity index is 4.24. The molecule has 0 spiro atoms. The Morgan fingerprint density at radius 1 is 1.08 bits per heavy atom. The predicted molar refractivity (Wildman–Crippen MR) is 57.3 cm³/mol. The van der Waals surface area contributed by atoms with E-state index >= 15 is 0 Å². The topological polar surface area (TPSA) is 0 Å². The van der Waals surface area contributed by atoms with Crippen molar-refractivity contribution in [2.24, 2.45) is 11.3 Å². The van der Waals surface area contributed by atoms with Crippen LogP contribution in [0.3, 0.4) is 0 Å². The first-order valence-electron chi connectivity index (χ1n) is 4.88. The standard InChI is InChI=1S/C12H24/c1-9(2)11(4)10(3)8-12(5,6)7/h10H,8H2,1-7H3. The fourth-order valence-electron chi connectivity index (χ4n) is 1.56. The summed E-state index contributed by atoms with van der Waals surface area (Å²) in [4.78, 5) is 0. The van der Waals surface area contributed by atoms with Crippen molar-refractivity contribution in [3.8, 4) is 0 Å². The summed E-state index contributed by atoms with van der Waals surface area (Å²) in [5.74, 6) is 0.731. The van der Waals surface area contributed by atoms with E-state index < -0.39 is 0 Å². The molecule has 1 atom stereocenters. The van der Waals surface area contributed by atoms with Gasteiger partial charge in [-0.2, -0.15) is 0 Å². The van der Waals surface area contributed by atoms with E-state index in [4.69, 9.17) is 0 Å². The van der Waals surface area contributed by atoms with Crippen LogP contribution >= 0.6 is 0 Å². The zero-order valence-electron chi connectivity index (χ0n) is 9.78. The van der Waals surface area contributed by atoms with Crippen molar-refractivity contribution in [3.63, 3.8) is 0 Å². The lowest BCUT2D eigenvalue weighted by Gasteiger charge is -2.24. The summed E-state index contributed by atoms with van der Waals surface area (Å²) < 4.78 is 0. The van der Waals surface area contributed by atoms with Crippen molar-refractivity contribution >= 4 is 0 Å². The molecule has 0 N–H and O–H groups in total. The molecule has 0 fully saturated rings. The highest BCUT2D eigenvalue weighted by atomic mass is 14.2. The number of rotatable bonds is 2. The molecule has 72 valence electrons. The van der Waals surface area contributed by atoms with Gasteiger partial charge >= 0.3 is 0 Å². The molecular weight excluding hydrogens is 144 g/mol. The Morgan fingerprint density at radius 2 is 1.50 bits per heavy atom. The number of hydrogen-bond acceptors (Lipinski definition) is 0. The normalized spacial score (nSPS) is 14.2. The summed E-state index contributed by atoms with van der Waals surface area (Å²) in [7, 11) is 0. The molecule has 12 heavy (non-hydrogen) atoms. The maximum Gasteiger partial charge on any atom is -0.0227 e. The Hall–Kier alpha value is -0.260. The van der Waals surface area contributed by atoms with Gasteiger partial charge in [0.25, 0.3) is 0 Å². The Bertz CT molecular complexity index is 163. The molecule has 1 unspecified atom stereocenters. The summed E-state index contributed by atoms with van der Waals surface area (Å²) in [5.41, 5.74) is 3.49. The third kappa shape index (κ3) is 4.58. The van der Waals surface area contributed by atoms with Gasteiger partial charge in [0.15, 0.2) is 0 Å². The van der Waals surface area contributed by atoms with Crippen LogP contribution in [-0.4, -0.2) is 0 Å². The molecule has 0 aromatic carbocycles. The molecule has 0 aromatic heterocycles. The lowest BCUT2D eigenvalue weighted by atomic mass is 9.82. The molecule has 0 radical (unpaired) electrons. The molecule has 0 saturated heterocycles. The molecule has 0 aromatic rings. The molecule has 0 rings (SSSR count). The first kappa shape index (κ1) is 11.7. The molecule has 0 saturated carbocycles. The van der Waals surface area contributed by atoms with Crippen LogP contribution in [0.1, 0.15) is 54.9 Å². The number of allylic oxidation sites excluding steroid dienone is 2. The highest BCUT2D eigenvalue weighted by molar-refractivity contribution is 5.10. The second-order valence-electron chi connectivity index (χ2n) is 5.35. The van der Waals surface area contributed by atoms with Crippen LogP contribution in [0.4, 0.5) is 0 Å². The monoisotopic (exact) mass is 168 g/mol.